The number of methoxy groups -OCH3 is 2. The molecule has 4 heterocycles. The molecule has 316 valence electrons. The van der Waals surface area contributed by atoms with Crippen molar-refractivity contribution in [1.82, 2.24) is 9.80 Å². The first-order valence-electron chi connectivity index (χ1n) is 20.8. The van der Waals surface area contributed by atoms with Crippen LogP contribution in [0, 0.1) is 17.8 Å². The molecule has 3 N–H and O–H groups in total. The monoisotopic (exact) mass is 833 g/mol. The number of para-hydroxylation sites is 1. The van der Waals surface area contributed by atoms with Crippen LogP contribution in [-0.4, -0.2) is 84.4 Å². The molecule has 2 fully saturated rings. The van der Waals surface area contributed by atoms with Crippen molar-refractivity contribution >= 4 is 23.5 Å². The van der Waals surface area contributed by atoms with Crippen LogP contribution in [0.2, 0.25) is 0 Å². The SMILES string of the molecule is COc1cc2c(cc1OC)CN(C(=O)C1C3C(=O)OC(c4ccccc4)C(c4ccccc4)N3C(c3ccccc3OCCO)C13C(=O)Nc1ccc(C#CCCO)cc13)CC2. The Kier molecular flexibility index (Phi) is 11.2. The maximum Gasteiger partial charge on any atom is 0.324 e. The van der Waals surface area contributed by atoms with Gasteiger partial charge in [0.2, 0.25) is 11.8 Å². The van der Waals surface area contributed by atoms with Gasteiger partial charge in [-0.3, -0.25) is 19.3 Å². The Labute approximate surface area is 360 Å². The molecular formula is C50H47N3O9. The summed E-state index contributed by atoms with van der Waals surface area (Å²) in [5.41, 5.74) is 3.79. The van der Waals surface area contributed by atoms with Crippen molar-refractivity contribution < 1.29 is 43.5 Å². The van der Waals surface area contributed by atoms with Crippen LogP contribution in [0.25, 0.3) is 0 Å². The van der Waals surface area contributed by atoms with Gasteiger partial charge in [0, 0.05) is 36.3 Å². The smallest absolute Gasteiger partial charge is 0.324 e. The number of ether oxygens (including phenoxy) is 4. The minimum Gasteiger partial charge on any atom is -0.493 e. The molecule has 0 aliphatic carbocycles. The molecule has 12 heteroatoms. The second kappa shape index (κ2) is 17.0. The molecule has 4 aliphatic rings. The summed E-state index contributed by atoms with van der Waals surface area (Å²) >= 11 is 0. The normalized spacial score (nSPS) is 23.6. The van der Waals surface area contributed by atoms with Gasteiger partial charge >= 0.3 is 5.97 Å². The number of rotatable bonds is 10. The number of aliphatic hydroxyl groups is 2. The topological polar surface area (TPSA) is 147 Å². The van der Waals surface area contributed by atoms with Crippen molar-refractivity contribution in [2.45, 2.75) is 49.0 Å². The Bertz CT molecular complexity index is 2570. The molecule has 2 amide bonds. The Hall–Kier alpha value is -6.65. The Morgan fingerprint density at radius 2 is 1.52 bits per heavy atom. The molecule has 5 aromatic carbocycles. The van der Waals surface area contributed by atoms with Crippen LogP contribution >= 0.6 is 0 Å². The van der Waals surface area contributed by atoms with Crippen LogP contribution in [0.3, 0.4) is 0 Å². The number of nitrogens with one attached hydrogen (secondary N) is 1. The van der Waals surface area contributed by atoms with Crippen molar-refractivity contribution in [1.29, 1.82) is 0 Å². The number of cyclic esters (lactones) is 1. The van der Waals surface area contributed by atoms with E-state index in [2.05, 4.69) is 17.2 Å². The van der Waals surface area contributed by atoms with E-state index in [1.165, 1.54) is 0 Å². The van der Waals surface area contributed by atoms with Gasteiger partial charge in [-0.15, -0.1) is 0 Å². The Balaban J connectivity index is 1.33. The summed E-state index contributed by atoms with van der Waals surface area (Å²) in [6, 6.07) is 32.8. The fourth-order valence-electron chi connectivity index (χ4n) is 10.1. The number of fused-ring (bicyclic) bond motifs is 4. The van der Waals surface area contributed by atoms with Gasteiger partial charge in [0.15, 0.2) is 11.5 Å². The summed E-state index contributed by atoms with van der Waals surface area (Å²) in [5, 5.41) is 22.7. The first-order valence-corrected chi connectivity index (χ1v) is 20.8. The van der Waals surface area contributed by atoms with Gasteiger partial charge in [0.1, 0.15) is 29.9 Å². The van der Waals surface area contributed by atoms with Crippen LogP contribution in [0.1, 0.15) is 63.6 Å². The van der Waals surface area contributed by atoms with Gasteiger partial charge in [-0.05, 0) is 70.6 Å². The molecule has 9 rings (SSSR count). The van der Waals surface area contributed by atoms with E-state index in [-0.39, 0.29) is 32.8 Å². The van der Waals surface area contributed by atoms with Gasteiger partial charge in [0.05, 0.1) is 45.4 Å². The second-order valence-corrected chi connectivity index (χ2v) is 15.9. The number of esters is 1. The minimum absolute atomic E-state index is 0.0336. The molecule has 5 aromatic rings. The molecule has 1 spiro atoms. The van der Waals surface area contributed by atoms with E-state index >= 15 is 14.4 Å². The summed E-state index contributed by atoms with van der Waals surface area (Å²) < 4.78 is 24.1. The standard InChI is InChI=1S/C50H47N3O9/c1-59-40-28-34-22-23-52(30-35(34)29-41(40)60-2)47(56)42-44-48(57)62-45(33-16-7-4-8-17-33)43(32-14-5-3-6-15-32)53(44)46(36-18-9-10-19-39(36)61-26-25-55)50(42)37-27-31(13-11-12-24-54)20-21-38(37)51-49(50)58/h3-10,14-21,27-29,42-46,54-55H,12,22-26,30H2,1-2H3,(H,51,58). The summed E-state index contributed by atoms with van der Waals surface area (Å²) in [7, 11) is 3.15. The molecule has 4 aliphatic heterocycles. The number of carbonyl (C=O) groups excluding carboxylic acids is 3. The Morgan fingerprint density at radius 1 is 0.823 bits per heavy atom. The average molecular weight is 834 g/mol. The predicted octanol–water partition coefficient (Wildman–Crippen LogP) is 5.66. The van der Waals surface area contributed by atoms with E-state index in [9.17, 15) is 10.2 Å². The van der Waals surface area contributed by atoms with E-state index in [1.54, 1.807) is 37.3 Å². The molecule has 0 bridgehead atoms. The maximum atomic E-state index is 16.1. The highest BCUT2D eigenvalue weighted by atomic mass is 16.6. The number of amides is 2. The fourth-order valence-corrected chi connectivity index (χ4v) is 10.1. The van der Waals surface area contributed by atoms with Crippen molar-refractivity contribution in [3.05, 3.63) is 154 Å². The molecule has 6 atom stereocenters. The number of morpholine rings is 1. The highest BCUT2D eigenvalue weighted by molar-refractivity contribution is 6.12. The maximum absolute atomic E-state index is 16.1. The summed E-state index contributed by atoms with van der Waals surface area (Å²) in [4.78, 5) is 50.8. The van der Waals surface area contributed by atoms with Crippen molar-refractivity contribution in [3.8, 4) is 29.1 Å². The zero-order valence-corrected chi connectivity index (χ0v) is 34.5. The first-order chi connectivity index (χ1) is 30.3. The van der Waals surface area contributed by atoms with Crippen molar-refractivity contribution in [2.24, 2.45) is 5.92 Å². The second-order valence-electron chi connectivity index (χ2n) is 15.9. The molecular weight excluding hydrogens is 787 g/mol. The fraction of sp³-hybridized carbons (Fsp3) is 0.300. The number of hydrogen-bond acceptors (Lipinski definition) is 10. The summed E-state index contributed by atoms with van der Waals surface area (Å²) in [5.74, 6) is 4.84. The lowest BCUT2D eigenvalue weighted by Gasteiger charge is -2.46. The van der Waals surface area contributed by atoms with Gasteiger partial charge in [-0.25, -0.2) is 0 Å². The van der Waals surface area contributed by atoms with Gasteiger partial charge in [-0.1, -0.05) is 90.7 Å². The summed E-state index contributed by atoms with van der Waals surface area (Å²) in [6.45, 7) is 0.0874. The molecule has 2 saturated heterocycles. The molecule has 62 heavy (non-hydrogen) atoms. The van der Waals surface area contributed by atoms with E-state index < -0.39 is 53.3 Å². The number of carbonyl (C=O) groups is 3. The third-order valence-corrected chi connectivity index (χ3v) is 12.6. The predicted molar refractivity (Wildman–Crippen MR) is 229 cm³/mol. The Morgan fingerprint density at radius 3 is 2.23 bits per heavy atom. The third-order valence-electron chi connectivity index (χ3n) is 12.6. The number of anilines is 1. The van der Waals surface area contributed by atoms with E-state index in [0.29, 0.717) is 52.6 Å². The highest BCUT2D eigenvalue weighted by Crippen LogP contribution is 2.66. The number of nitrogens with zero attached hydrogens (tertiary/aromatic N) is 2. The summed E-state index contributed by atoms with van der Waals surface area (Å²) in [6.07, 6.45) is -0.102. The quantitative estimate of drug-likeness (QED) is 0.119. The largest absolute Gasteiger partial charge is 0.493 e. The van der Waals surface area contributed by atoms with E-state index in [1.807, 2.05) is 102 Å². The highest BCUT2D eigenvalue weighted by Gasteiger charge is 2.74. The van der Waals surface area contributed by atoms with Crippen LogP contribution in [0.5, 0.6) is 17.2 Å². The van der Waals surface area contributed by atoms with Crippen molar-refractivity contribution in [2.75, 3.05) is 45.9 Å². The van der Waals surface area contributed by atoms with Gasteiger partial charge < -0.3 is 39.4 Å². The molecule has 6 unspecified atom stereocenters. The number of benzene rings is 5. The lowest BCUT2D eigenvalue weighted by atomic mass is 9.64. The molecule has 12 nitrogen and oxygen atoms in total. The van der Waals surface area contributed by atoms with Crippen LogP contribution in [0.4, 0.5) is 5.69 Å². The van der Waals surface area contributed by atoms with E-state index in [4.69, 9.17) is 18.9 Å². The zero-order chi connectivity index (χ0) is 43.0. The van der Waals surface area contributed by atoms with Gasteiger partial charge in [0.25, 0.3) is 0 Å². The third kappa shape index (κ3) is 6.73. The average Bonchev–Trinajstić information content (AvgIpc) is 3.79. The zero-order valence-electron chi connectivity index (χ0n) is 34.5. The number of aliphatic hydroxyl groups excluding tert-OH is 2. The lowest BCUT2D eigenvalue weighted by Crippen LogP contribution is -2.56. The van der Waals surface area contributed by atoms with Crippen molar-refractivity contribution in [3.63, 3.8) is 0 Å². The lowest BCUT2D eigenvalue weighted by molar-refractivity contribution is -0.179. The van der Waals surface area contributed by atoms with Gasteiger partial charge in [-0.2, -0.15) is 0 Å². The van der Waals surface area contributed by atoms with E-state index in [0.717, 1.165) is 22.3 Å². The van der Waals surface area contributed by atoms with Crippen LogP contribution in [-0.2, 0) is 37.5 Å². The van der Waals surface area contributed by atoms with Crippen LogP contribution in [0.15, 0.2) is 115 Å². The minimum atomic E-state index is -1.76. The number of hydrogen-bond donors (Lipinski definition) is 3. The molecule has 0 radical (unpaired) electrons. The molecule has 0 saturated carbocycles. The molecule has 0 aromatic heterocycles. The first kappa shape index (κ1) is 40.7. The van der Waals surface area contributed by atoms with Crippen LogP contribution < -0.4 is 19.5 Å².